The molecule has 1 aliphatic rings. The van der Waals surface area contributed by atoms with E-state index in [0.717, 1.165) is 23.6 Å². The van der Waals surface area contributed by atoms with Crippen molar-refractivity contribution in [1.82, 2.24) is 5.32 Å². The smallest absolute Gasteiger partial charge is 0.257 e. The molecule has 17 heavy (non-hydrogen) atoms. The molecule has 0 unspecified atom stereocenters. The summed E-state index contributed by atoms with van der Waals surface area (Å²) < 4.78 is 5.19. The van der Waals surface area contributed by atoms with Crippen molar-refractivity contribution in [2.75, 3.05) is 19.4 Å². The van der Waals surface area contributed by atoms with E-state index in [1.165, 1.54) is 0 Å². The number of benzene rings is 1. The summed E-state index contributed by atoms with van der Waals surface area (Å²) in [6, 6.07) is 5.40. The molecule has 0 saturated heterocycles. The number of amides is 1. The number of ether oxygens (including phenoxy) is 1. The molecule has 90 valence electrons. The van der Waals surface area contributed by atoms with Gasteiger partial charge in [-0.05, 0) is 24.6 Å². The maximum atomic E-state index is 11.9. The highest BCUT2D eigenvalue weighted by molar-refractivity contribution is 8.14. The molecular formula is C12H14N2O2S. The van der Waals surface area contributed by atoms with Gasteiger partial charge in [-0.3, -0.25) is 9.79 Å². The van der Waals surface area contributed by atoms with Crippen molar-refractivity contribution in [1.29, 1.82) is 0 Å². The molecule has 1 aromatic rings. The van der Waals surface area contributed by atoms with Crippen molar-refractivity contribution in [3.8, 4) is 5.75 Å². The Kier molecular flexibility index (Phi) is 3.68. The summed E-state index contributed by atoms with van der Waals surface area (Å²) in [6.07, 6.45) is 0. The standard InChI is InChI=1S/C12H14N2O2S/c1-8-3-4-9(7-10(8)16-2)11(15)14-12-13-5-6-17-12/h3-4,7H,5-6H2,1-2H3,(H,13,14,15). The number of methoxy groups -OCH3 is 1. The van der Waals surface area contributed by atoms with E-state index in [-0.39, 0.29) is 5.91 Å². The number of hydrogen-bond donors (Lipinski definition) is 1. The van der Waals surface area contributed by atoms with Crippen LogP contribution >= 0.6 is 11.8 Å². The fourth-order valence-electron chi connectivity index (χ4n) is 1.54. The molecular weight excluding hydrogens is 236 g/mol. The first-order valence-electron chi connectivity index (χ1n) is 5.34. The van der Waals surface area contributed by atoms with Gasteiger partial charge in [0.25, 0.3) is 5.91 Å². The van der Waals surface area contributed by atoms with Gasteiger partial charge in [-0.15, -0.1) is 0 Å². The summed E-state index contributed by atoms with van der Waals surface area (Å²) >= 11 is 1.57. The largest absolute Gasteiger partial charge is 0.496 e. The van der Waals surface area contributed by atoms with Crippen LogP contribution in [0.5, 0.6) is 5.75 Å². The number of rotatable bonds is 2. The maximum Gasteiger partial charge on any atom is 0.257 e. The van der Waals surface area contributed by atoms with E-state index in [2.05, 4.69) is 10.3 Å². The topological polar surface area (TPSA) is 50.7 Å². The second-order valence-corrected chi connectivity index (χ2v) is 4.76. The minimum atomic E-state index is -0.142. The molecule has 0 fully saturated rings. The van der Waals surface area contributed by atoms with Gasteiger partial charge in [-0.1, -0.05) is 17.8 Å². The van der Waals surface area contributed by atoms with Crippen LogP contribution in [-0.2, 0) is 0 Å². The lowest BCUT2D eigenvalue weighted by Crippen LogP contribution is -2.27. The van der Waals surface area contributed by atoms with Crippen LogP contribution in [0.15, 0.2) is 23.2 Å². The Labute approximate surface area is 104 Å². The van der Waals surface area contributed by atoms with Crippen LogP contribution in [0, 0.1) is 6.92 Å². The van der Waals surface area contributed by atoms with Crippen molar-refractivity contribution in [3.05, 3.63) is 29.3 Å². The predicted octanol–water partition coefficient (Wildman–Crippen LogP) is 1.84. The number of carbonyl (C=O) groups excluding carboxylic acids is 1. The Morgan fingerprint density at radius 2 is 2.35 bits per heavy atom. The summed E-state index contributed by atoms with van der Waals surface area (Å²) in [6.45, 7) is 2.72. The molecule has 0 aromatic heterocycles. The van der Waals surface area contributed by atoms with Gasteiger partial charge in [0.05, 0.1) is 13.7 Å². The molecule has 1 amide bonds. The molecule has 0 spiro atoms. The van der Waals surface area contributed by atoms with Crippen LogP contribution in [0.4, 0.5) is 0 Å². The van der Waals surface area contributed by atoms with Gasteiger partial charge in [0, 0.05) is 11.3 Å². The van der Waals surface area contributed by atoms with Gasteiger partial charge in [-0.2, -0.15) is 0 Å². The summed E-state index contributed by atoms with van der Waals surface area (Å²) in [4.78, 5) is 16.1. The highest BCUT2D eigenvalue weighted by atomic mass is 32.2. The van der Waals surface area contributed by atoms with E-state index >= 15 is 0 Å². The Hall–Kier alpha value is -1.49. The average Bonchev–Trinajstić information content (AvgIpc) is 2.82. The SMILES string of the molecule is COc1cc(C(=O)NC2=NCCS2)ccc1C. The molecule has 0 radical (unpaired) electrons. The second kappa shape index (κ2) is 5.23. The number of hydrogen-bond acceptors (Lipinski definition) is 4. The monoisotopic (exact) mass is 250 g/mol. The molecule has 1 aromatic carbocycles. The molecule has 0 bridgehead atoms. The molecule has 2 rings (SSSR count). The summed E-state index contributed by atoms with van der Waals surface area (Å²) in [5, 5.41) is 3.49. The average molecular weight is 250 g/mol. The van der Waals surface area contributed by atoms with E-state index in [1.807, 2.05) is 13.0 Å². The van der Waals surface area contributed by atoms with Gasteiger partial charge < -0.3 is 10.1 Å². The fourth-order valence-corrected chi connectivity index (χ4v) is 2.26. The lowest BCUT2D eigenvalue weighted by molar-refractivity contribution is 0.0977. The third-order valence-electron chi connectivity index (χ3n) is 2.48. The molecule has 4 nitrogen and oxygen atoms in total. The molecule has 5 heteroatoms. The number of aryl methyl sites for hydroxylation is 1. The third-order valence-corrected chi connectivity index (χ3v) is 3.37. The van der Waals surface area contributed by atoms with Gasteiger partial charge in [-0.25, -0.2) is 0 Å². The van der Waals surface area contributed by atoms with Crippen molar-refractivity contribution in [2.45, 2.75) is 6.92 Å². The normalized spacial score (nSPS) is 14.4. The number of amidine groups is 1. The Morgan fingerprint density at radius 3 is 3.00 bits per heavy atom. The maximum absolute atomic E-state index is 11.9. The third kappa shape index (κ3) is 2.79. The quantitative estimate of drug-likeness (QED) is 0.871. The van der Waals surface area contributed by atoms with Crippen molar-refractivity contribution in [3.63, 3.8) is 0 Å². The first-order chi connectivity index (χ1) is 8.20. The summed E-state index contributed by atoms with van der Waals surface area (Å²) in [7, 11) is 1.60. The number of nitrogens with one attached hydrogen (secondary N) is 1. The van der Waals surface area contributed by atoms with Crippen LogP contribution in [0.25, 0.3) is 0 Å². The molecule has 0 aliphatic carbocycles. The second-order valence-electron chi connectivity index (χ2n) is 3.67. The zero-order valence-electron chi connectivity index (χ0n) is 9.82. The van der Waals surface area contributed by atoms with Crippen LogP contribution in [0.2, 0.25) is 0 Å². The Balaban J connectivity index is 2.13. The van der Waals surface area contributed by atoms with Crippen LogP contribution in [0.3, 0.4) is 0 Å². The summed E-state index contributed by atoms with van der Waals surface area (Å²) in [5.41, 5.74) is 1.60. The van der Waals surface area contributed by atoms with Gasteiger partial charge in [0.2, 0.25) is 0 Å². The van der Waals surface area contributed by atoms with E-state index in [4.69, 9.17) is 4.74 Å². The fraction of sp³-hybridized carbons (Fsp3) is 0.333. The summed E-state index contributed by atoms with van der Waals surface area (Å²) in [5.74, 6) is 1.52. The Morgan fingerprint density at radius 1 is 1.53 bits per heavy atom. The highest BCUT2D eigenvalue weighted by Gasteiger charge is 2.13. The molecule has 0 saturated carbocycles. The van der Waals surface area contributed by atoms with Crippen molar-refractivity contribution >= 4 is 22.8 Å². The minimum absolute atomic E-state index is 0.142. The van der Waals surface area contributed by atoms with Gasteiger partial charge >= 0.3 is 0 Å². The lowest BCUT2D eigenvalue weighted by atomic mass is 10.1. The molecule has 1 N–H and O–H groups in total. The van der Waals surface area contributed by atoms with Crippen molar-refractivity contribution < 1.29 is 9.53 Å². The minimum Gasteiger partial charge on any atom is -0.496 e. The van der Waals surface area contributed by atoms with Gasteiger partial charge in [0.15, 0.2) is 5.17 Å². The van der Waals surface area contributed by atoms with Gasteiger partial charge in [0.1, 0.15) is 5.75 Å². The van der Waals surface area contributed by atoms with E-state index < -0.39 is 0 Å². The van der Waals surface area contributed by atoms with Crippen molar-refractivity contribution in [2.24, 2.45) is 4.99 Å². The predicted molar refractivity (Wildman–Crippen MR) is 70.0 cm³/mol. The molecule has 1 heterocycles. The van der Waals surface area contributed by atoms with E-state index in [9.17, 15) is 4.79 Å². The zero-order valence-corrected chi connectivity index (χ0v) is 10.6. The van der Waals surface area contributed by atoms with E-state index in [1.54, 1.807) is 31.0 Å². The van der Waals surface area contributed by atoms with Crippen LogP contribution in [0.1, 0.15) is 15.9 Å². The zero-order chi connectivity index (χ0) is 12.3. The lowest BCUT2D eigenvalue weighted by Gasteiger charge is -2.08. The highest BCUT2D eigenvalue weighted by Crippen LogP contribution is 2.19. The van der Waals surface area contributed by atoms with E-state index in [0.29, 0.717) is 10.7 Å². The first-order valence-corrected chi connectivity index (χ1v) is 6.32. The molecule has 0 atom stereocenters. The van der Waals surface area contributed by atoms with Crippen LogP contribution in [-0.4, -0.2) is 30.5 Å². The molecule has 1 aliphatic heterocycles. The number of nitrogens with zero attached hydrogens (tertiary/aromatic N) is 1. The number of aliphatic imine (C=N–C) groups is 1. The number of carbonyl (C=O) groups is 1. The first kappa shape index (κ1) is 12.0. The number of thioether (sulfide) groups is 1. The van der Waals surface area contributed by atoms with Crippen LogP contribution < -0.4 is 10.1 Å². The Bertz CT molecular complexity index is 472.